The topological polar surface area (TPSA) is 15.3 Å². The zero-order valence-electron chi connectivity index (χ0n) is 12.7. The van der Waals surface area contributed by atoms with Crippen molar-refractivity contribution >= 4 is 12.4 Å². The molecule has 0 aromatic heterocycles. The minimum atomic E-state index is -0.149. The van der Waals surface area contributed by atoms with E-state index in [1.165, 1.54) is 37.8 Å². The van der Waals surface area contributed by atoms with Crippen LogP contribution < -0.4 is 5.32 Å². The lowest BCUT2D eigenvalue weighted by atomic mass is 10.00. The highest BCUT2D eigenvalue weighted by Gasteiger charge is 2.26. The molecule has 2 fully saturated rings. The SMILES string of the molecule is CC(c1ccc(F)cc1)N1CCC(NCC2CC2)CC1.Cl. The lowest BCUT2D eigenvalue weighted by Crippen LogP contribution is -2.43. The third-order valence-electron chi connectivity index (χ3n) is 4.82. The van der Waals surface area contributed by atoms with E-state index in [1.54, 1.807) is 12.1 Å². The molecule has 1 N–H and O–H groups in total. The van der Waals surface area contributed by atoms with Crippen molar-refractivity contribution in [1.29, 1.82) is 0 Å². The first-order valence-corrected chi connectivity index (χ1v) is 7.95. The zero-order valence-corrected chi connectivity index (χ0v) is 13.5. The molecule has 0 radical (unpaired) electrons. The molecular weight excluding hydrogens is 287 g/mol. The molecule has 2 aliphatic rings. The standard InChI is InChI=1S/C17H25FN2.ClH/c1-13(15-4-6-16(18)7-5-15)20-10-8-17(9-11-20)19-12-14-2-3-14;/h4-7,13-14,17,19H,2-3,8-12H2,1H3;1H. The lowest BCUT2D eigenvalue weighted by Gasteiger charge is -2.36. The van der Waals surface area contributed by atoms with E-state index in [0.29, 0.717) is 12.1 Å². The molecule has 0 amide bonds. The molecular formula is C17H26ClFN2. The number of rotatable bonds is 5. The molecule has 1 heterocycles. The second-order valence-electron chi connectivity index (χ2n) is 6.39. The van der Waals surface area contributed by atoms with Gasteiger partial charge in [0.05, 0.1) is 0 Å². The number of nitrogens with zero attached hydrogens (tertiary/aromatic N) is 1. The van der Waals surface area contributed by atoms with Gasteiger partial charge in [0, 0.05) is 25.2 Å². The largest absolute Gasteiger partial charge is 0.314 e. The first-order chi connectivity index (χ1) is 9.72. The summed E-state index contributed by atoms with van der Waals surface area (Å²) in [6.45, 7) is 5.73. The average Bonchev–Trinajstić information content (AvgIpc) is 3.30. The van der Waals surface area contributed by atoms with Gasteiger partial charge in [-0.05, 0) is 62.8 Å². The number of hydrogen-bond acceptors (Lipinski definition) is 2. The van der Waals surface area contributed by atoms with Gasteiger partial charge in [0.1, 0.15) is 5.82 Å². The Labute approximate surface area is 133 Å². The molecule has 1 atom stereocenters. The average molecular weight is 313 g/mol. The van der Waals surface area contributed by atoms with Crippen LogP contribution in [0.2, 0.25) is 0 Å². The summed E-state index contributed by atoms with van der Waals surface area (Å²) in [4.78, 5) is 2.52. The Morgan fingerprint density at radius 3 is 2.33 bits per heavy atom. The number of benzene rings is 1. The predicted molar refractivity (Wildman–Crippen MR) is 87.4 cm³/mol. The van der Waals surface area contributed by atoms with E-state index in [2.05, 4.69) is 17.1 Å². The van der Waals surface area contributed by atoms with E-state index < -0.39 is 0 Å². The van der Waals surface area contributed by atoms with Crippen molar-refractivity contribution in [3.8, 4) is 0 Å². The minimum absolute atomic E-state index is 0. The normalized spacial score (nSPS) is 21.8. The Kier molecular flexibility index (Phi) is 6.03. The van der Waals surface area contributed by atoms with Crippen LogP contribution in [0, 0.1) is 11.7 Å². The molecule has 21 heavy (non-hydrogen) atoms. The number of nitrogens with one attached hydrogen (secondary N) is 1. The molecule has 3 rings (SSSR count). The first kappa shape index (κ1) is 16.7. The lowest BCUT2D eigenvalue weighted by molar-refractivity contribution is 0.152. The number of hydrogen-bond donors (Lipinski definition) is 1. The van der Waals surface area contributed by atoms with Gasteiger partial charge in [-0.3, -0.25) is 4.90 Å². The molecule has 1 aromatic rings. The summed E-state index contributed by atoms with van der Waals surface area (Å²) in [6, 6.07) is 8.05. The summed E-state index contributed by atoms with van der Waals surface area (Å²) >= 11 is 0. The summed E-state index contributed by atoms with van der Waals surface area (Å²) in [7, 11) is 0. The maximum atomic E-state index is 13.0. The van der Waals surface area contributed by atoms with Crippen LogP contribution in [0.4, 0.5) is 4.39 Å². The molecule has 118 valence electrons. The maximum absolute atomic E-state index is 13.0. The van der Waals surface area contributed by atoms with Gasteiger partial charge in [-0.1, -0.05) is 12.1 Å². The van der Waals surface area contributed by atoms with Crippen molar-refractivity contribution in [2.75, 3.05) is 19.6 Å². The Balaban J connectivity index is 0.00000161. The highest BCUT2D eigenvalue weighted by atomic mass is 35.5. The van der Waals surface area contributed by atoms with Crippen LogP contribution >= 0.6 is 12.4 Å². The van der Waals surface area contributed by atoms with Crippen molar-refractivity contribution in [3.63, 3.8) is 0 Å². The van der Waals surface area contributed by atoms with Gasteiger partial charge in [0.15, 0.2) is 0 Å². The number of likely N-dealkylation sites (tertiary alicyclic amines) is 1. The molecule has 0 spiro atoms. The molecule has 1 saturated heterocycles. The van der Waals surface area contributed by atoms with Crippen LogP contribution in [0.5, 0.6) is 0 Å². The van der Waals surface area contributed by atoms with Gasteiger partial charge in [0.2, 0.25) is 0 Å². The molecule has 2 nitrogen and oxygen atoms in total. The Hall–Kier alpha value is -0.640. The molecule has 1 unspecified atom stereocenters. The van der Waals surface area contributed by atoms with Crippen molar-refractivity contribution < 1.29 is 4.39 Å². The van der Waals surface area contributed by atoms with Crippen molar-refractivity contribution in [1.82, 2.24) is 10.2 Å². The summed E-state index contributed by atoms with van der Waals surface area (Å²) in [5, 5.41) is 3.71. The van der Waals surface area contributed by atoms with Crippen molar-refractivity contribution in [2.45, 2.75) is 44.7 Å². The van der Waals surface area contributed by atoms with E-state index in [-0.39, 0.29) is 18.2 Å². The zero-order chi connectivity index (χ0) is 13.9. The predicted octanol–water partition coefficient (Wildman–Crippen LogP) is 3.77. The summed E-state index contributed by atoms with van der Waals surface area (Å²) in [6.07, 6.45) is 5.32. The highest BCUT2D eigenvalue weighted by molar-refractivity contribution is 5.85. The van der Waals surface area contributed by atoms with Crippen LogP contribution in [0.3, 0.4) is 0 Å². The van der Waals surface area contributed by atoms with Crippen molar-refractivity contribution in [2.24, 2.45) is 5.92 Å². The number of halogens is 2. The van der Waals surface area contributed by atoms with Gasteiger partial charge in [-0.15, -0.1) is 12.4 Å². The first-order valence-electron chi connectivity index (χ1n) is 7.95. The van der Waals surface area contributed by atoms with Gasteiger partial charge in [-0.2, -0.15) is 0 Å². The smallest absolute Gasteiger partial charge is 0.123 e. The fourth-order valence-electron chi connectivity index (χ4n) is 3.10. The molecule has 1 aromatic carbocycles. The Bertz CT molecular complexity index is 425. The van der Waals surface area contributed by atoms with E-state index in [0.717, 1.165) is 19.0 Å². The Morgan fingerprint density at radius 1 is 1.14 bits per heavy atom. The molecule has 0 bridgehead atoms. The van der Waals surface area contributed by atoms with Gasteiger partial charge < -0.3 is 5.32 Å². The Morgan fingerprint density at radius 2 is 1.76 bits per heavy atom. The maximum Gasteiger partial charge on any atom is 0.123 e. The fourth-order valence-corrected chi connectivity index (χ4v) is 3.10. The third kappa shape index (κ3) is 4.67. The van der Waals surface area contributed by atoms with Crippen LogP contribution in [-0.4, -0.2) is 30.6 Å². The molecule has 1 saturated carbocycles. The summed E-state index contributed by atoms with van der Waals surface area (Å²) < 4.78 is 13.0. The van der Waals surface area contributed by atoms with Gasteiger partial charge in [0.25, 0.3) is 0 Å². The van der Waals surface area contributed by atoms with Gasteiger partial charge in [-0.25, -0.2) is 4.39 Å². The molecule has 4 heteroatoms. The van der Waals surface area contributed by atoms with Crippen molar-refractivity contribution in [3.05, 3.63) is 35.6 Å². The van der Waals surface area contributed by atoms with Gasteiger partial charge >= 0.3 is 0 Å². The second kappa shape index (κ2) is 7.57. The van der Waals surface area contributed by atoms with Crippen LogP contribution in [0.25, 0.3) is 0 Å². The summed E-state index contributed by atoms with van der Waals surface area (Å²) in [5.41, 5.74) is 1.22. The number of piperidine rings is 1. The van der Waals surface area contributed by atoms with E-state index in [1.807, 2.05) is 12.1 Å². The van der Waals surface area contributed by atoms with E-state index in [4.69, 9.17) is 0 Å². The van der Waals surface area contributed by atoms with E-state index >= 15 is 0 Å². The fraction of sp³-hybridized carbons (Fsp3) is 0.647. The van der Waals surface area contributed by atoms with Crippen LogP contribution in [0.15, 0.2) is 24.3 Å². The minimum Gasteiger partial charge on any atom is -0.314 e. The molecule has 1 aliphatic carbocycles. The highest BCUT2D eigenvalue weighted by Crippen LogP contribution is 2.29. The summed E-state index contributed by atoms with van der Waals surface area (Å²) in [5.74, 6) is 0.815. The van der Waals surface area contributed by atoms with E-state index in [9.17, 15) is 4.39 Å². The third-order valence-corrected chi connectivity index (χ3v) is 4.82. The van der Waals surface area contributed by atoms with Crippen LogP contribution in [-0.2, 0) is 0 Å². The quantitative estimate of drug-likeness (QED) is 0.890. The second-order valence-corrected chi connectivity index (χ2v) is 6.39. The molecule has 1 aliphatic heterocycles. The van der Waals surface area contributed by atoms with Crippen LogP contribution in [0.1, 0.15) is 44.2 Å². The monoisotopic (exact) mass is 312 g/mol.